The summed E-state index contributed by atoms with van der Waals surface area (Å²) in [5, 5.41) is 3.53. The van der Waals surface area contributed by atoms with Crippen molar-refractivity contribution >= 4 is 10.8 Å². The van der Waals surface area contributed by atoms with Crippen molar-refractivity contribution in [3.8, 4) is 0 Å². The van der Waals surface area contributed by atoms with E-state index in [0.29, 0.717) is 6.04 Å². The SMILES string of the molecule is CCCNC(CS(=O)CCCOC)C1CC1. The van der Waals surface area contributed by atoms with Gasteiger partial charge in [0, 0.05) is 42.1 Å². The van der Waals surface area contributed by atoms with E-state index in [1.165, 1.54) is 12.8 Å². The Balaban J connectivity index is 2.16. The molecule has 0 spiro atoms. The molecule has 0 radical (unpaired) electrons. The van der Waals surface area contributed by atoms with E-state index >= 15 is 0 Å². The van der Waals surface area contributed by atoms with Gasteiger partial charge in [-0.25, -0.2) is 0 Å². The quantitative estimate of drug-likeness (QED) is 0.595. The highest BCUT2D eigenvalue weighted by molar-refractivity contribution is 7.85. The van der Waals surface area contributed by atoms with Crippen molar-refractivity contribution in [2.75, 3.05) is 31.8 Å². The summed E-state index contributed by atoms with van der Waals surface area (Å²) in [5.74, 6) is 2.40. The third kappa shape index (κ3) is 5.97. The third-order valence-electron chi connectivity index (χ3n) is 2.93. The molecule has 96 valence electrons. The Labute approximate surface area is 102 Å². The van der Waals surface area contributed by atoms with Crippen LogP contribution in [0, 0.1) is 5.92 Å². The van der Waals surface area contributed by atoms with Crippen LogP contribution in [-0.2, 0) is 15.5 Å². The zero-order chi connectivity index (χ0) is 11.8. The highest BCUT2D eigenvalue weighted by atomic mass is 32.2. The molecule has 0 bridgehead atoms. The standard InChI is InChI=1S/C12H25NO2S/c1-3-7-13-12(11-5-6-11)10-16(14)9-4-8-15-2/h11-13H,3-10H2,1-2H3. The summed E-state index contributed by atoms with van der Waals surface area (Å²) >= 11 is 0. The van der Waals surface area contributed by atoms with Gasteiger partial charge >= 0.3 is 0 Å². The molecule has 0 aromatic heterocycles. The molecule has 0 aromatic rings. The molecule has 1 saturated carbocycles. The van der Waals surface area contributed by atoms with Gasteiger partial charge in [-0.15, -0.1) is 0 Å². The Kier molecular flexibility index (Phi) is 7.25. The van der Waals surface area contributed by atoms with Crippen molar-refractivity contribution in [3.05, 3.63) is 0 Å². The van der Waals surface area contributed by atoms with Crippen molar-refractivity contribution in [3.63, 3.8) is 0 Å². The minimum atomic E-state index is -0.678. The molecule has 3 nitrogen and oxygen atoms in total. The van der Waals surface area contributed by atoms with Crippen LogP contribution < -0.4 is 5.32 Å². The molecule has 1 fully saturated rings. The molecule has 0 amide bonds. The van der Waals surface area contributed by atoms with E-state index in [1.807, 2.05) is 0 Å². The summed E-state index contributed by atoms with van der Waals surface area (Å²) in [6.45, 7) is 3.95. The lowest BCUT2D eigenvalue weighted by Gasteiger charge is -2.17. The Morgan fingerprint density at radius 1 is 1.50 bits per heavy atom. The summed E-state index contributed by atoms with van der Waals surface area (Å²) in [7, 11) is 1.02. The normalized spacial score (nSPS) is 19.6. The molecule has 1 rings (SSSR count). The number of rotatable bonds is 10. The maximum atomic E-state index is 11.8. The van der Waals surface area contributed by atoms with Gasteiger partial charge in [0.1, 0.15) is 0 Å². The van der Waals surface area contributed by atoms with E-state index < -0.39 is 10.8 Å². The average Bonchev–Trinajstić information content (AvgIpc) is 3.08. The minimum Gasteiger partial charge on any atom is -0.385 e. The summed E-state index contributed by atoms with van der Waals surface area (Å²) in [6.07, 6.45) is 4.70. The molecule has 2 atom stereocenters. The van der Waals surface area contributed by atoms with E-state index in [1.54, 1.807) is 7.11 Å². The van der Waals surface area contributed by atoms with Crippen LogP contribution in [0.5, 0.6) is 0 Å². The number of hydrogen-bond acceptors (Lipinski definition) is 3. The smallest absolute Gasteiger partial charge is 0.0471 e. The van der Waals surface area contributed by atoms with Crippen molar-refractivity contribution in [2.45, 2.75) is 38.6 Å². The zero-order valence-electron chi connectivity index (χ0n) is 10.5. The van der Waals surface area contributed by atoms with Crippen molar-refractivity contribution < 1.29 is 8.95 Å². The predicted molar refractivity (Wildman–Crippen MR) is 69.2 cm³/mol. The Hall–Kier alpha value is 0.0700. The Morgan fingerprint density at radius 3 is 2.81 bits per heavy atom. The van der Waals surface area contributed by atoms with Crippen LogP contribution in [0.1, 0.15) is 32.6 Å². The predicted octanol–water partition coefficient (Wildman–Crippen LogP) is 1.55. The highest BCUT2D eigenvalue weighted by Crippen LogP contribution is 2.33. The fourth-order valence-corrected chi connectivity index (χ4v) is 3.23. The lowest BCUT2D eigenvalue weighted by Crippen LogP contribution is -2.37. The van der Waals surface area contributed by atoms with E-state index in [2.05, 4.69) is 12.2 Å². The lowest BCUT2D eigenvalue weighted by atomic mass is 10.2. The average molecular weight is 247 g/mol. The van der Waals surface area contributed by atoms with E-state index in [-0.39, 0.29) is 0 Å². The minimum absolute atomic E-state index is 0.489. The van der Waals surface area contributed by atoms with E-state index in [4.69, 9.17) is 4.74 Å². The first-order valence-electron chi connectivity index (χ1n) is 6.35. The maximum absolute atomic E-state index is 11.8. The molecule has 0 saturated heterocycles. The van der Waals surface area contributed by atoms with Gasteiger partial charge in [0.2, 0.25) is 0 Å². The van der Waals surface area contributed by atoms with Crippen LogP contribution >= 0.6 is 0 Å². The molecular weight excluding hydrogens is 222 g/mol. The van der Waals surface area contributed by atoms with Crippen molar-refractivity contribution in [2.24, 2.45) is 5.92 Å². The second-order valence-electron chi connectivity index (χ2n) is 4.56. The fraction of sp³-hybridized carbons (Fsp3) is 1.00. The van der Waals surface area contributed by atoms with Crippen LogP contribution in [0.3, 0.4) is 0 Å². The largest absolute Gasteiger partial charge is 0.385 e. The van der Waals surface area contributed by atoms with Gasteiger partial charge in [0.15, 0.2) is 0 Å². The molecule has 1 aliphatic rings. The number of methoxy groups -OCH3 is 1. The van der Waals surface area contributed by atoms with Gasteiger partial charge < -0.3 is 10.1 Å². The molecule has 2 unspecified atom stereocenters. The molecule has 16 heavy (non-hydrogen) atoms. The van der Waals surface area contributed by atoms with Crippen LogP contribution in [0.25, 0.3) is 0 Å². The van der Waals surface area contributed by atoms with Crippen LogP contribution in [0.15, 0.2) is 0 Å². The van der Waals surface area contributed by atoms with Crippen LogP contribution in [-0.4, -0.2) is 42.0 Å². The molecule has 0 aromatic carbocycles. The summed E-state index contributed by atoms with van der Waals surface area (Å²) in [6, 6.07) is 0.489. The molecule has 1 aliphatic carbocycles. The number of hydrogen-bond donors (Lipinski definition) is 1. The summed E-state index contributed by atoms with van der Waals surface area (Å²) < 4.78 is 16.8. The van der Waals surface area contributed by atoms with Gasteiger partial charge in [-0.3, -0.25) is 4.21 Å². The first-order chi connectivity index (χ1) is 7.77. The number of nitrogens with one attached hydrogen (secondary N) is 1. The Bertz CT molecular complexity index is 207. The van der Waals surface area contributed by atoms with Crippen LogP contribution in [0.4, 0.5) is 0 Å². The lowest BCUT2D eigenvalue weighted by molar-refractivity contribution is 0.200. The van der Waals surface area contributed by atoms with Crippen LogP contribution in [0.2, 0.25) is 0 Å². The van der Waals surface area contributed by atoms with Gasteiger partial charge in [0.25, 0.3) is 0 Å². The molecule has 0 heterocycles. The second kappa shape index (κ2) is 8.20. The topological polar surface area (TPSA) is 38.3 Å². The molecular formula is C12H25NO2S. The van der Waals surface area contributed by atoms with Gasteiger partial charge in [0.05, 0.1) is 0 Å². The second-order valence-corrected chi connectivity index (χ2v) is 6.18. The summed E-state index contributed by atoms with van der Waals surface area (Å²) in [4.78, 5) is 0. The van der Waals surface area contributed by atoms with Crippen molar-refractivity contribution in [1.29, 1.82) is 0 Å². The number of ether oxygens (including phenoxy) is 1. The van der Waals surface area contributed by atoms with Gasteiger partial charge in [-0.1, -0.05) is 6.92 Å². The van der Waals surface area contributed by atoms with Gasteiger partial charge in [-0.05, 0) is 38.1 Å². The van der Waals surface area contributed by atoms with Crippen molar-refractivity contribution in [1.82, 2.24) is 5.32 Å². The van der Waals surface area contributed by atoms with E-state index in [0.717, 1.165) is 43.4 Å². The highest BCUT2D eigenvalue weighted by Gasteiger charge is 2.31. The first-order valence-corrected chi connectivity index (χ1v) is 7.84. The molecule has 0 aliphatic heterocycles. The fourth-order valence-electron chi connectivity index (χ4n) is 1.84. The Morgan fingerprint density at radius 2 is 2.25 bits per heavy atom. The molecule has 4 heteroatoms. The maximum Gasteiger partial charge on any atom is 0.0471 e. The first kappa shape index (κ1) is 14.1. The zero-order valence-corrected chi connectivity index (χ0v) is 11.4. The molecule has 1 N–H and O–H groups in total. The van der Waals surface area contributed by atoms with Gasteiger partial charge in [-0.2, -0.15) is 0 Å². The monoisotopic (exact) mass is 247 g/mol. The summed E-state index contributed by atoms with van der Waals surface area (Å²) in [5.41, 5.74) is 0. The van der Waals surface area contributed by atoms with E-state index in [9.17, 15) is 4.21 Å². The third-order valence-corrected chi connectivity index (χ3v) is 4.41.